The molecule has 0 aromatic heterocycles. The predicted molar refractivity (Wildman–Crippen MR) is 116 cm³/mol. The van der Waals surface area contributed by atoms with Gasteiger partial charge in [-0.2, -0.15) is 0 Å². The zero-order chi connectivity index (χ0) is 22.2. The number of carbonyl (C=O) groups is 2. The molecule has 3 N–H and O–H groups in total. The number of amides is 2. The van der Waals surface area contributed by atoms with Crippen LogP contribution < -0.4 is 25.4 Å². The van der Waals surface area contributed by atoms with Crippen molar-refractivity contribution in [2.75, 3.05) is 38.3 Å². The first-order valence-electron chi connectivity index (χ1n) is 10.00. The normalized spacial score (nSPS) is 15.8. The van der Waals surface area contributed by atoms with Gasteiger partial charge in [0.05, 0.1) is 7.11 Å². The Bertz CT molecular complexity index is 946. The van der Waals surface area contributed by atoms with Gasteiger partial charge in [0, 0.05) is 31.4 Å². The van der Waals surface area contributed by atoms with Crippen molar-refractivity contribution >= 4 is 23.6 Å². The third-order valence-corrected chi connectivity index (χ3v) is 5.03. The smallest absolute Gasteiger partial charge is 0.255 e. The van der Waals surface area contributed by atoms with Crippen LogP contribution in [0.3, 0.4) is 0 Å². The van der Waals surface area contributed by atoms with E-state index in [9.17, 15) is 14.0 Å². The Kier molecular flexibility index (Phi) is 7.48. The maximum Gasteiger partial charge on any atom is 0.255 e. The van der Waals surface area contributed by atoms with Crippen molar-refractivity contribution < 1.29 is 23.5 Å². The maximum atomic E-state index is 13.1. The fraction of sp³-hybridized carbons (Fsp3) is 0.304. The van der Waals surface area contributed by atoms with Crippen LogP contribution in [-0.2, 0) is 9.59 Å². The molecule has 0 radical (unpaired) electrons. The van der Waals surface area contributed by atoms with Crippen LogP contribution in [0.15, 0.2) is 48.5 Å². The minimum atomic E-state index is -0.578. The standard InChI is InChI=1S/C23H26FN3O4/c1-30-21-12-16(2-8-20(21)31-15-22(25)28)3-9-23(29)26-13-17-10-11-27(14-17)19-6-4-18(24)5-7-19/h2-9,12,17H,10-11,13-15H2,1H3,(H2,25,28)(H,26,29)/b9-3+. The van der Waals surface area contributed by atoms with Gasteiger partial charge in [-0.05, 0) is 60.4 Å². The molecule has 0 bridgehead atoms. The minimum absolute atomic E-state index is 0.187. The molecule has 7 nitrogen and oxygen atoms in total. The molecule has 0 saturated carbocycles. The Morgan fingerprint density at radius 2 is 2.00 bits per heavy atom. The van der Waals surface area contributed by atoms with Crippen molar-refractivity contribution in [3.8, 4) is 11.5 Å². The van der Waals surface area contributed by atoms with Crippen molar-refractivity contribution in [1.82, 2.24) is 5.32 Å². The summed E-state index contributed by atoms with van der Waals surface area (Å²) >= 11 is 0. The van der Waals surface area contributed by atoms with Crippen LogP contribution in [0.2, 0.25) is 0 Å². The molecule has 8 heteroatoms. The van der Waals surface area contributed by atoms with Gasteiger partial charge in [0.25, 0.3) is 5.91 Å². The number of anilines is 1. The van der Waals surface area contributed by atoms with Crippen molar-refractivity contribution in [2.24, 2.45) is 11.7 Å². The quantitative estimate of drug-likeness (QED) is 0.599. The SMILES string of the molecule is COc1cc(/C=C/C(=O)NCC2CCN(c3ccc(F)cc3)C2)ccc1OCC(N)=O. The lowest BCUT2D eigenvalue weighted by molar-refractivity contribution is -0.120. The molecule has 2 aromatic rings. The number of methoxy groups -OCH3 is 1. The van der Waals surface area contributed by atoms with Crippen LogP contribution in [0.25, 0.3) is 6.08 Å². The number of benzene rings is 2. The molecule has 1 heterocycles. The first kappa shape index (κ1) is 22.1. The molecule has 1 aliphatic heterocycles. The molecule has 2 amide bonds. The van der Waals surface area contributed by atoms with E-state index in [1.165, 1.54) is 25.3 Å². The van der Waals surface area contributed by atoms with E-state index < -0.39 is 5.91 Å². The number of rotatable bonds is 9. The average Bonchev–Trinajstić information content (AvgIpc) is 3.24. The number of carbonyl (C=O) groups excluding carboxylic acids is 2. The second-order valence-electron chi connectivity index (χ2n) is 7.32. The summed E-state index contributed by atoms with van der Waals surface area (Å²) in [6.07, 6.45) is 4.10. The van der Waals surface area contributed by atoms with Crippen molar-refractivity contribution in [3.05, 3.63) is 59.9 Å². The first-order valence-corrected chi connectivity index (χ1v) is 10.00. The third kappa shape index (κ3) is 6.47. The number of nitrogens with one attached hydrogen (secondary N) is 1. The Morgan fingerprint density at radius 3 is 2.71 bits per heavy atom. The summed E-state index contributed by atoms with van der Waals surface area (Å²) < 4.78 is 23.6. The molecule has 0 spiro atoms. The van der Waals surface area contributed by atoms with Crippen molar-refractivity contribution in [2.45, 2.75) is 6.42 Å². The summed E-state index contributed by atoms with van der Waals surface area (Å²) in [5, 5.41) is 2.93. The molecule has 164 valence electrons. The van der Waals surface area contributed by atoms with Crippen LogP contribution in [0.5, 0.6) is 11.5 Å². The Hall–Kier alpha value is -3.55. The molecular weight excluding hydrogens is 401 g/mol. The van der Waals surface area contributed by atoms with E-state index in [1.807, 2.05) is 0 Å². The number of hydrogen-bond acceptors (Lipinski definition) is 5. The lowest BCUT2D eigenvalue weighted by atomic mass is 10.1. The van der Waals surface area contributed by atoms with Gasteiger partial charge in [-0.25, -0.2) is 4.39 Å². The molecule has 1 atom stereocenters. The molecule has 1 aliphatic rings. The molecule has 1 unspecified atom stereocenters. The predicted octanol–water partition coefficient (Wildman–Crippen LogP) is 2.35. The van der Waals surface area contributed by atoms with Crippen molar-refractivity contribution in [3.63, 3.8) is 0 Å². The molecule has 31 heavy (non-hydrogen) atoms. The molecule has 0 aliphatic carbocycles. The number of hydrogen-bond donors (Lipinski definition) is 2. The number of primary amides is 1. The highest BCUT2D eigenvalue weighted by Gasteiger charge is 2.22. The van der Waals surface area contributed by atoms with Crippen molar-refractivity contribution in [1.29, 1.82) is 0 Å². The van der Waals surface area contributed by atoms with Gasteiger partial charge in [0.1, 0.15) is 5.82 Å². The molecule has 3 rings (SSSR count). The third-order valence-electron chi connectivity index (χ3n) is 5.03. The zero-order valence-corrected chi connectivity index (χ0v) is 17.3. The summed E-state index contributed by atoms with van der Waals surface area (Å²) in [4.78, 5) is 25.3. The van der Waals surface area contributed by atoms with E-state index in [1.54, 1.807) is 36.4 Å². The Labute approximate surface area is 180 Å². The van der Waals surface area contributed by atoms with Gasteiger partial charge >= 0.3 is 0 Å². The summed E-state index contributed by atoms with van der Waals surface area (Å²) in [7, 11) is 1.49. The largest absolute Gasteiger partial charge is 0.493 e. The Morgan fingerprint density at radius 1 is 1.23 bits per heavy atom. The maximum absolute atomic E-state index is 13.1. The molecule has 2 aromatic carbocycles. The zero-order valence-electron chi connectivity index (χ0n) is 17.3. The summed E-state index contributed by atoms with van der Waals surface area (Å²) in [6.45, 7) is 2.03. The van der Waals surface area contributed by atoms with E-state index in [-0.39, 0.29) is 18.3 Å². The van der Waals surface area contributed by atoms with E-state index in [0.29, 0.717) is 24.0 Å². The fourth-order valence-electron chi connectivity index (χ4n) is 3.42. The van der Waals surface area contributed by atoms with E-state index in [0.717, 1.165) is 30.8 Å². The topological polar surface area (TPSA) is 93.9 Å². The minimum Gasteiger partial charge on any atom is -0.493 e. The van der Waals surface area contributed by atoms with Crippen LogP contribution in [-0.4, -0.2) is 45.2 Å². The van der Waals surface area contributed by atoms with Gasteiger partial charge in [-0.1, -0.05) is 6.07 Å². The highest BCUT2D eigenvalue weighted by Crippen LogP contribution is 2.28. The van der Waals surface area contributed by atoms with Crippen LogP contribution in [0.1, 0.15) is 12.0 Å². The first-order chi connectivity index (χ1) is 14.9. The van der Waals surface area contributed by atoms with Gasteiger partial charge in [0.15, 0.2) is 18.1 Å². The number of nitrogens with zero attached hydrogens (tertiary/aromatic N) is 1. The second-order valence-corrected chi connectivity index (χ2v) is 7.32. The van der Waals surface area contributed by atoms with E-state index >= 15 is 0 Å². The lowest BCUT2D eigenvalue weighted by Crippen LogP contribution is -2.29. The van der Waals surface area contributed by atoms with Crippen LogP contribution >= 0.6 is 0 Å². The van der Waals surface area contributed by atoms with Crippen LogP contribution in [0.4, 0.5) is 10.1 Å². The summed E-state index contributed by atoms with van der Waals surface area (Å²) in [5.41, 5.74) is 6.83. The van der Waals surface area contributed by atoms with E-state index in [4.69, 9.17) is 15.2 Å². The highest BCUT2D eigenvalue weighted by molar-refractivity contribution is 5.91. The van der Waals surface area contributed by atoms with Crippen LogP contribution in [0, 0.1) is 11.7 Å². The van der Waals surface area contributed by atoms with E-state index in [2.05, 4.69) is 10.2 Å². The van der Waals surface area contributed by atoms with Gasteiger partial charge < -0.3 is 25.4 Å². The Balaban J connectivity index is 1.48. The summed E-state index contributed by atoms with van der Waals surface area (Å²) in [6, 6.07) is 11.6. The van der Waals surface area contributed by atoms with Gasteiger partial charge in [0.2, 0.25) is 5.91 Å². The fourth-order valence-corrected chi connectivity index (χ4v) is 3.42. The summed E-state index contributed by atoms with van der Waals surface area (Å²) in [5.74, 6) is 0.165. The second kappa shape index (κ2) is 10.5. The number of halogens is 1. The molecule has 1 fully saturated rings. The van der Waals surface area contributed by atoms with Gasteiger partial charge in [-0.3, -0.25) is 9.59 Å². The number of ether oxygens (including phenoxy) is 2. The average molecular weight is 427 g/mol. The monoisotopic (exact) mass is 427 g/mol. The lowest BCUT2D eigenvalue weighted by Gasteiger charge is -2.18. The molecular formula is C23H26FN3O4. The number of nitrogens with two attached hydrogens (primary N) is 1. The highest BCUT2D eigenvalue weighted by atomic mass is 19.1. The molecule has 1 saturated heterocycles. The van der Waals surface area contributed by atoms with Gasteiger partial charge in [-0.15, -0.1) is 0 Å².